The highest BCUT2D eigenvalue weighted by Crippen LogP contribution is 2.08. The van der Waals surface area contributed by atoms with Crippen LogP contribution in [0.15, 0.2) is 0 Å². The van der Waals surface area contributed by atoms with Gasteiger partial charge in [-0.2, -0.15) is 0 Å². The molecule has 0 rings (SSSR count). The molecule has 0 aromatic rings. The summed E-state index contributed by atoms with van der Waals surface area (Å²) in [5.74, 6) is 0.358. The highest BCUT2D eigenvalue weighted by molar-refractivity contribution is 7.89. The fourth-order valence-corrected chi connectivity index (χ4v) is 2.82. The van der Waals surface area contributed by atoms with Gasteiger partial charge in [0, 0.05) is 20.1 Å². The number of sulfonamides is 1. The zero-order valence-electron chi connectivity index (χ0n) is 9.74. The van der Waals surface area contributed by atoms with Crippen LogP contribution in [0.4, 0.5) is 0 Å². The number of nitrogens with one attached hydrogen (secondary N) is 1. The molecule has 0 aromatic carbocycles. The fourth-order valence-electron chi connectivity index (χ4n) is 1.32. The van der Waals surface area contributed by atoms with Crippen molar-refractivity contribution in [1.82, 2.24) is 9.62 Å². The molecule has 0 amide bonds. The van der Waals surface area contributed by atoms with Gasteiger partial charge in [0.05, 0.1) is 5.25 Å². The van der Waals surface area contributed by atoms with E-state index in [-0.39, 0.29) is 5.25 Å². The molecule has 0 saturated carbocycles. The Kier molecular flexibility index (Phi) is 5.63. The Morgan fingerprint density at radius 2 is 1.79 bits per heavy atom. The molecule has 1 N–H and O–H groups in total. The molecule has 0 aromatic heterocycles. The van der Waals surface area contributed by atoms with Crippen LogP contribution >= 0.6 is 0 Å². The second-order valence-electron chi connectivity index (χ2n) is 4.09. The van der Waals surface area contributed by atoms with Crippen molar-refractivity contribution in [2.75, 3.05) is 27.2 Å². The summed E-state index contributed by atoms with van der Waals surface area (Å²) in [6.07, 6.45) is 0. The minimum Gasteiger partial charge on any atom is -0.318 e. The standard InChI is InChI=1S/C9H22N2O2S/c1-8(2)7-11(5)14(12,13)9(3)6-10-4/h8-10H,6-7H2,1-5H3. The van der Waals surface area contributed by atoms with E-state index < -0.39 is 10.0 Å². The maximum Gasteiger partial charge on any atom is 0.217 e. The second-order valence-corrected chi connectivity index (χ2v) is 6.55. The number of hydrogen-bond acceptors (Lipinski definition) is 3. The Balaban J connectivity index is 4.45. The highest BCUT2D eigenvalue weighted by Gasteiger charge is 2.25. The molecule has 0 heterocycles. The second kappa shape index (κ2) is 5.68. The molecule has 14 heavy (non-hydrogen) atoms. The van der Waals surface area contributed by atoms with Crippen molar-refractivity contribution in [2.24, 2.45) is 5.92 Å². The van der Waals surface area contributed by atoms with Crippen molar-refractivity contribution in [3.63, 3.8) is 0 Å². The number of rotatable bonds is 6. The van der Waals surface area contributed by atoms with Crippen molar-refractivity contribution in [3.8, 4) is 0 Å². The maximum absolute atomic E-state index is 11.8. The van der Waals surface area contributed by atoms with Gasteiger partial charge in [-0.25, -0.2) is 12.7 Å². The smallest absolute Gasteiger partial charge is 0.217 e. The van der Waals surface area contributed by atoms with Crippen LogP contribution in [0.5, 0.6) is 0 Å². The van der Waals surface area contributed by atoms with Crippen molar-refractivity contribution in [3.05, 3.63) is 0 Å². The van der Waals surface area contributed by atoms with Crippen molar-refractivity contribution >= 4 is 10.0 Å². The molecule has 1 atom stereocenters. The van der Waals surface area contributed by atoms with Crippen molar-refractivity contribution < 1.29 is 8.42 Å². The Hall–Kier alpha value is -0.130. The van der Waals surface area contributed by atoms with E-state index >= 15 is 0 Å². The molecule has 0 spiro atoms. The van der Waals surface area contributed by atoms with Gasteiger partial charge in [-0.1, -0.05) is 13.8 Å². The van der Waals surface area contributed by atoms with Gasteiger partial charge in [0.15, 0.2) is 0 Å². The van der Waals surface area contributed by atoms with Gasteiger partial charge in [-0.05, 0) is 19.9 Å². The molecule has 0 bridgehead atoms. The number of hydrogen-bond donors (Lipinski definition) is 1. The minimum atomic E-state index is -3.13. The van der Waals surface area contributed by atoms with Gasteiger partial charge < -0.3 is 5.32 Å². The first-order valence-electron chi connectivity index (χ1n) is 4.92. The van der Waals surface area contributed by atoms with Crippen LogP contribution in [0.3, 0.4) is 0 Å². The van der Waals surface area contributed by atoms with Crippen molar-refractivity contribution in [2.45, 2.75) is 26.0 Å². The molecule has 0 fully saturated rings. The Morgan fingerprint density at radius 3 is 2.14 bits per heavy atom. The first kappa shape index (κ1) is 13.9. The maximum atomic E-state index is 11.8. The normalized spacial score (nSPS) is 15.1. The average Bonchev–Trinajstić information content (AvgIpc) is 2.03. The summed E-state index contributed by atoms with van der Waals surface area (Å²) < 4.78 is 25.1. The van der Waals surface area contributed by atoms with Gasteiger partial charge in [-0.3, -0.25) is 0 Å². The molecule has 1 unspecified atom stereocenters. The molecule has 86 valence electrons. The average molecular weight is 222 g/mol. The van der Waals surface area contributed by atoms with E-state index in [1.807, 2.05) is 13.8 Å². The molecule has 0 saturated heterocycles. The highest BCUT2D eigenvalue weighted by atomic mass is 32.2. The van der Waals surface area contributed by atoms with Crippen LogP contribution in [-0.2, 0) is 10.0 Å². The van der Waals surface area contributed by atoms with Crippen LogP contribution in [0.2, 0.25) is 0 Å². The third-order valence-electron chi connectivity index (χ3n) is 2.06. The summed E-state index contributed by atoms with van der Waals surface area (Å²) in [6.45, 7) is 6.81. The molecule has 5 heteroatoms. The predicted molar refractivity (Wildman–Crippen MR) is 59.8 cm³/mol. The fraction of sp³-hybridized carbons (Fsp3) is 1.00. The summed E-state index contributed by atoms with van der Waals surface area (Å²) in [5, 5.41) is 2.51. The lowest BCUT2D eigenvalue weighted by Gasteiger charge is -2.23. The Labute approximate surface area is 87.7 Å². The summed E-state index contributed by atoms with van der Waals surface area (Å²) in [4.78, 5) is 0. The summed E-state index contributed by atoms with van der Waals surface area (Å²) in [5.41, 5.74) is 0. The molecule has 0 aliphatic heterocycles. The van der Waals surface area contributed by atoms with Crippen LogP contribution in [-0.4, -0.2) is 45.2 Å². The molecular formula is C9H22N2O2S. The van der Waals surface area contributed by atoms with E-state index in [1.165, 1.54) is 4.31 Å². The monoisotopic (exact) mass is 222 g/mol. The molecular weight excluding hydrogens is 200 g/mol. The van der Waals surface area contributed by atoms with Gasteiger partial charge in [0.25, 0.3) is 0 Å². The summed E-state index contributed by atoms with van der Waals surface area (Å²) >= 11 is 0. The van der Waals surface area contributed by atoms with Gasteiger partial charge in [-0.15, -0.1) is 0 Å². The predicted octanol–water partition coefficient (Wildman–Crippen LogP) is 0.512. The largest absolute Gasteiger partial charge is 0.318 e. The lowest BCUT2D eigenvalue weighted by molar-refractivity contribution is 0.410. The van der Waals surface area contributed by atoms with Crippen LogP contribution < -0.4 is 5.32 Å². The van der Waals surface area contributed by atoms with Crippen LogP contribution in [0.25, 0.3) is 0 Å². The summed E-state index contributed by atoms with van der Waals surface area (Å²) in [6, 6.07) is 0. The lowest BCUT2D eigenvalue weighted by atomic mass is 10.2. The molecule has 0 aliphatic carbocycles. The quantitative estimate of drug-likeness (QED) is 0.712. The Morgan fingerprint density at radius 1 is 1.29 bits per heavy atom. The molecule has 0 radical (unpaired) electrons. The van der Waals surface area contributed by atoms with Gasteiger partial charge >= 0.3 is 0 Å². The Bertz CT molecular complexity index is 250. The zero-order chi connectivity index (χ0) is 11.4. The van der Waals surface area contributed by atoms with Gasteiger partial charge in [0.1, 0.15) is 0 Å². The SMILES string of the molecule is CNCC(C)S(=O)(=O)N(C)CC(C)C. The van der Waals surface area contributed by atoms with E-state index in [1.54, 1.807) is 21.0 Å². The molecule has 0 aliphatic rings. The molecule has 4 nitrogen and oxygen atoms in total. The first-order chi connectivity index (χ1) is 6.32. The first-order valence-corrected chi connectivity index (χ1v) is 6.42. The van der Waals surface area contributed by atoms with E-state index in [0.29, 0.717) is 19.0 Å². The van der Waals surface area contributed by atoms with Gasteiger partial charge in [0.2, 0.25) is 10.0 Å². The third-order valence-corrected chi connectivity index (χ3v) is 4.26. The van der Waals surface area contributed by atoms with E-state index in [2.05, 4.69) is 5.32 Å². The lowest BCUT2D eigenvalue weighted by Crippen LogP contribution is -2.40. The van der Waals surface area contributed by atoms with E-state index in [0.717, 1.165) is 0 Å². The van der Waals surface area contributed by atoms with E-state index in [4.69, 9.17) is 0 Å². The summed E-state index contributed by atoms with van der Waals surface area (Å²) in [7, 11) is 0.273. The van der Waals surface area contributed by atoms with Crippen LogP contribution in [0.1, 0.15) is 20.8 Å². The van der Waals surface area contributed by atoms with E-state index in [9.17, 15) is 8.42 Å². The van der Waals surface area contributed by atoms with Crippen LogP contribution in [0, 0.1) is 5.92 Å². The third kappa shape index (κ3) is 3.94. The topological polar surface area (TPSA) is 49.4 Å². The number of nitrogens with zero attached hydrogens (tertiary/aromatic N) is 1. The zero-order valence-corrected chi connectivity index (χ0v) is 10.6. The minimum absolute atomic E-state index is 0.358. The van der Waals surface area contributed by atoms with Crippen molar-refractivity contribution in [1.29, 1.82) is 0 Å².